The summed E-state index contributed by atoms with van der Waals surface area (Å²) in [5.74, 6) is -1.03. The molecule has 0 saturated carbocycles. The second-order valence-corrected chi connectivity index (χ2v) is 18.4. The summed E-state index contributed by atoms with van der Waals surface area (Å²) in [6.07, 6.45) is 86.6. The van der Waals surface area contributed by atoms with Crippen LogP contribution >= 0.6 is 0 Å². The first-order valence-electron chi connectivity index (χ1n) is 29.0. The monoisotopic (exact) mass is 1000 g/mol. The van der Waals surface area contributed by atoms with Crippen LogP contribution in [0, 0.1) is 0 Å². The molecule has 1 atom stereocenters. The number of carbonyl (C=O) groups is 3. The van der Waals surface area contributed by atoms with Gasteiger partial charge in [0.05, 0.1) is 0 Å². The Morgan fingerprint density at radius 2 is 0.534 bits per heavy atom. The smallest absolute Gasteiger partial charge is 0.306 e. The first-order valence-corrected chi connectivity index (χ1v) is 29.0. The second-order valence-electron chi connectivity index (χ2n) is 18.4. The largest absolute Gasteiger partial charge is 0.462 e. The number of allylic oxidation sites excluding steroid dienone is 26. The maximum atomic E-state index is 12.9. The van der Waals surface area contributed by atoms with E-state index in [1.807, 2.05) is 0 Å². The van der Waals surface area contributed by atoms with Crippen LogP contribution in [0.3, 0.4) is 0 Å². The fourth-order valence-corrected chi connectivity index (χ4v) is 7.21. The quantitative estimate of drug-likeness (QED) is 0.0261. The van der Waals surface area contributed by atoms with Crippen LogP contribution in [0.4, 0.5) is 0 Å². The molecular formula is C67H104O6. The zero-order valence-electron chi connectivity index (χ0n) is 46.6. The minimum Gasteiger partial charge on any atom is -0.462 e. The van der Waals surface area contributed by atoms with Gasteiger partial charge in [-0.25, -0.2) is 0 Å². The van der Waals surface area contributed by atoms with E-state index in [1.165, 1.54) is 38.5 Å². The third kappa shape index (κ3) is 57.8. The molecule has 0 amide bonds. The van der Waals surface area contributed by atoms with Gasteiger partial charge in [0.2, 0.25) is 0 Å². The van der Waals surface area contributed by atoms with Crippen molar-refractivity contribution in [3.05, 3.63) is 158 Å². The van der Waals surface area contributed by atoms with Gasteiger partial charge >= 0.3 is 17.9 Å². The van der Waals surface area contributed by atoms with Crippen molar-refractivity contribution < 1.29 is 28.6 Å². The molecule has 6 nitrogen and oxygen atoms in total. The van der Waals surface area contributed by atoms with Crippen molar-refractivity contribution in [3.8, 4) is 0 Å². The first-order chi connectivity index (χ1) is 36.0. The molecule has 408 valence electrons. The molecule has 0 radical (unpaired) electrons. The molecule has 0 aliphatic rings. The Labute approximate surface area is 448 Å². The van der Waals surface area contributed by atoms with E-state index in [-0.39, 0.29) is 50.4 Å². The topological polar surface area (TPSA) is 78.9 Å². The Morgan fingerprint density at radius 1 is 0.288 bits per heavy atom. The summed E-state index contributed by atoms with van der Waals surface area (Å²) in [7, 11) is 0. The normalized spacial score (nSPS) is 13.3. The van der Waals surface area contributed by atoms with E-state index < -0.39 is 6.10 Å². The lowest BCUT2D eigenvalue weighted by Crippen LogP contribution is -2.30. The number of ether oxygens (including phenoxy) is 3. The Morgan fingerprint density at radius 3 is 0.863 bits per heavy atom. The van der Waals surface area contributed by atoms with Crippen molar-refractivity contribution in [1.82, 2.24) is 0 Å². The summed E-state index contributed by atoms with van der Waals surface area (Å²) in [6.45, 7) is 6.28. The molecule has 0 heterocycles. The van der Waals surface area contributed by atoms with Crippen molar-refractivity contribution in [2.45, 2.75) is 232 Å². The maximum Gasteiger partial charge on any atom is 0.306 e. The Hall–Kier alpha value is -4.97. The van der Waals surface area contributed by atoms with Gasteiger partial charge in [0.25, 0.3) is 0 Å². The zero-order chi connectivity index (χ0) is 52.9. The number of rotatable bonds is 50. The highest BCUT2D eigenvalue weighted by molar-refractivity contribution is 5.71. The molecule has 0 saturated heterocycles. The molecule has 73 heavy (non-hydrogen) atoms. The molecule has 0 aromatic carbocycles. The summed E-state index contributed by atoms with van der Waals surface area (Å²) in [5.41, 5.74) is 0. The minimum absolute atomic E-state index is 0.126. The average molecular weight is 1010 g/mol. The fourth-order valence-electron chi connectivity index (χ4n) is 7.21. The molecule has 0 aromatic heterocycles. The predicted octanol–water partition coefficient (Wildman–Crippen LogP) is 19.8. The van der Waals surface area contributed by atoms with E-state index in [9.17, 15) is 14.4 Å². The van der Waals surface area contributed by atoms with Crippen molar-refractivity contribution in [3.63, 3.8) is 0 Å². The van der Waals surface area contributed by atoms with Gasteiger partial charge < -0.3 is 14.2 Å². The summed E-state index contributed by atoms with van der Waals surface area (Å²) >= 11 is 0. The van der Waals surface area contributed by atoms with Crippen LogP contribution in [0.15, 0.2) is 158 Å². The van der Waals surface area contributed by atoms with Crippen LogP contribution in [-0.4, -0.2) is 37.2 Å². The third-order valence-corrected chi connectivity index (χ3v) is 11.5. The Bertz CT molecular complexity index is 1670. The lowest BCUT2D eigenvalue weighted by atomic mass is 10.1. The highest BCUT2D eigenvalue weighted by Crippen LogP contribution is 2.12. The average Bonchev–Trinajstić information content (AvgIpc) is 3.39. The highest BCUT2D eigenvalue weighted by atomic mass is 16.6. The van der Waals surface area contributed by atoms with Crippen LogP contribution in [0.2, 0.25) is 0 Å². The summed E-state index contributed by atoms with van der Waals surface area (Å²) < 4.78 is 16.8. The van der Waals surface area contributed by atoms with E-state index >= 15 is 0 Å². The lowest BCUT2D eigenvalue weighted by molar-refractivity contribution is -0.167. The number of carbonyl (C=O) groups excluding carboxylic acids is 3. The number of hydrogen-bond donors (Lipinski definition) is 0. The molecule has 0 aromatic rings. The summed E-state index contributed by atoms with van der Waals surface area (Å²) in [5, 5.41) is 0. The Balaban J connectivity index is 4.58. The standard InChI is InChI=1S/C67H104O6/c1-4-7-10-13-16-19-22-25-28-30-32-33-35-36-39-42-45-48-51-54-57-60-66(69)72-63-64(62-71-65(68)59-56-53-50-47-44-41-38-27-24-21-18-15-12-9-6-3)73-67(70)61-58-55-52-49-46-43-40-37-34-31-29-26-23-20-17-14-11-8-5-2/h7,9-10,12,16-21,25-29,32-34,36-39,44-45,47-48,64H,4-6,8,11,13-15,22-24,30-31,35,40-43,46,49-63H2,1-3H3/b10-7-,12-9-,19-16-,20-17-,21-18-,28-25-,29-26-,33-32-,37-34-,38-27-,39-36-,47-44-,48-45-. The zero-order valence-corrected chi connectivity index (χ0v) is 46.6. The van der Waals surface area contributed by atoms with Gasteiger partial charge in [-0.05, 0) is 148 Å². The van der Waals surface area contributed by atoms with Gasteiger partial charge in [0, 0.05) is 19.3 Å². The fraction of sp³-hybridized carbons (Fsp3) is 0.567. The van der Waals surface area contributed by atoms with E-state index in [0.29, 0.717) is 12.8 Å². The maximum absolute atomic E-state index is 12.9. The molecule has 0 bridgehead atoms. The van der Waals surface area contributed by atoms with Gasteiger partial charge in [0.1, 0.15) is 13.2 Å². The molecular weight excluding hydrogens is 901 g/mol. The van der Waals surface area contributed by atoms with Crippen molar-refractivity contribution in [1.29, 1.82) is 0 Å². The second kappa shape index (κ2) is 59.6. The van der Waals surface area contributed by atoms with Crippen LogP contribution in [0.25, 0.3) is 0 Å². The molecule has 0 spiro atoms. The molecule has 0 aliphatic heterocycles. The highest BCUT2D eigenvalue weighted by Gasteiger charge is 2.19. The molecule has 0 fully saturated rings. The summed E-state index contributed by atoms with van der Waals surface area (Å²) in [4.78, 5) is 38.2. The van der Waals surface area contributed by atoms with E-state index in [1.54, 1.807) is 0 Å². The van der Waals surface area contributed by atoms with Crippen LogP contribution in [-0.2, 0) is 28.6 Å². The molecule has 6 heteroatoms. The first kappa shape index (κ1) is 68.0. The summed E-state index contributed by atoms with van der Waals surface area (Å²) in [6, 6.07) is 0. The number of hydrogen-bond acceptors (Lipinski definition) is 6. The van der Waals surface area contributed by atoms with Crippen LogP contribution < -0.4 is 0 Å². The molecule has 0 rings (SSSR count). The van der Waals surface area contributed by atoms with Gasteiger partial charge in [-0.1, -0.05) is 217 Å². The number of unbranched alkanes of at least 4 members (excludes halogenated alkanes) is 13. The van der Waals surface area contributed by atoms with Crippen LogP contribution in [0.1, 0.15) is 226 Å². The van der Waals surface area contributed by atoms with Crippen molar-refractivity contribution >= 4 is 17.9 Å². The van der Waals surface area contributed by atoms with Crippen molar-refractivity contribution in [2.75, 3.05) is 13.2 Å². The number of esters is 3. The SMILES string of the molecule is CC/C=C\C/C=C\C/C=C\C/C=C\C/C=C\C/C=C\CCCCC(=O)OCC(COC(=O)CCCC/C=C\C/C=C\C/C=C\C/C=C\CC)OC(=O)CCCCCCCC/C=C\C/C=C\C/C=C\CCCCC. The van der Waals surface area contributed by atoms with Gasteiger partial charge in [-0.3, -0.25) is 14.4 Å². The lowest BCUT2D eigenvalue weighted by Gasteiger charge is -2.18. The van der Waals surface area contributed by atoms with Crippen molar-refractivity contribution in [2.24, 2.45) is 0 Å². The predicted molar refractivity (Wildman–Crippen MR) is 315 cm³/mol. The molecule has 0 aliphatic carbocycles. The van der Waals surface area contributed by atoms with E-state index in [2.05, 4.69) is 179 Å². The molecule has 0 N–H and O–H groups in total. The van der Waals surface area contributed by atoms with Gasteiger partial charge in [0.15, 0.2) is 6.10 Å². The minimum atomic E-state index is -0.829. The van der Waals surface area contributed by atoms with E-state index in [4.69, 9.17) is 14.2 Å². The van der Waals surface area contributed by atoms with Crippen LogP contribution in [0.5, 0.6) is 0 Å². The third-order valence-electron chi connectivity index (χ3n) is 11.5. The molecule has 1 unspecified atom stereocenters. The van der Waals surface area contributed by atoms with Gasteiger partial charge in [-0.2, -0.15) is 0 Å². The van der Waals surface area contributed by atoms with Gasteiger partial charge in [-0.15, -0.1) is 0 Å². The van der Waals surface area contributed by atoms with E-state index in [0.717, 1.165) is 135 Å². The Kier molecular flexibility index (Phi) is 55.5.